The van der Waals surface area contributed by atoms with Crippen molar-refractivity contribution in [3.8, 4) is 17.2 Å². The molecule has 0 fully saturated rings. The van der Waals surface area contributed by atoms with Crippen LogP contribution in [0.15, 0.2) is 72.9 Å². The summed E-state index contributed by atoms with van der Waals surface area (Å²) in [7, 11) is 4.78. The minimum Gasteiger partial charge on any atom is -0.497 e. The van der Waals surface area contributed by atoms with Crippen LogP contribution in [0.25, 0.3) is 34.0 Å². The number of nitrogens with one attached hydrogen (secondary N) is 1. The molecule has 0 spiro atoms. The van der Waals surface area contributed by atoms with Gasteiger partial charge >= 0.3 is 0 Å². The zero-order valence-corrected chi connectivity index (χ0v) is 24.3. The van der Waals surface area contributed by atoms with Crippen molar-refractivity contribution in [3.05, 3.63) is 95.3 Å². The predicted octanol–water partition coefficient (Wildman–Crippen LogP) is 5.74. The molecule has 8 heteroatoms. The number of aliphatic hydroxyl groups excluding tert-OH is 1. The fraction of sp³-hybridized carbons (Fsp3) is 0.235. The largest absolute Gasteiger partial charge is 0.497 e. The number of rotatable bonds is 11. The standard InChI is InChI=1S/C34H35N3O5/c1-5-37-20-23(27-8-6-7-9-31(27)37)17-25(21-38)36-34(39)29-18-24(35-30-14-13-26(40-2)19-28(29)30)12-10-22-11-15-32(41-3)33(16-22)42-4/h6-16,18-20,25,38H,5,17,21H2,1-4H3,(H,36,39)/b12-10-/t25-/m1/s1. The van der Waals surface area contributed by atoms with Crippen LogP contribution in [0.1, 0.15) is 34.1 Å². The number of nitrogens with zero attached hydrogens (tertiary/aromatic N) is 2. The van der Waals surface area contributed by atoms with E-state index in [9.17, 15) is 9.90 Å². The third-order valence-electron chi connectivity index (χ3n) is 7.37. The maximum atomic E-state index is 13.8. The molecule has 1 amide bonds. The number of aromatic nitrogens is 2. The molecule has 0 aliphatic rings. The Morgan fingerprint density at radius 2 is 1.76 bits per heavy atom. The molecule has 1 atom stereocenters. The van der Waals surface area contributed by atoms with E-state index in [1.165, 1.54) is 0 Å². The Balaban J connectivity index is 1.46. The van der Waals surface area contributed by atoms with Crippen LogP contribution in [0, 0.1) is 0 Å². The normalized spacial score (nSPS) is 12.1. The van der Waals surface area contributed by atoms with Gasteiger partial charge in [-0.15, -0.1) is 0 Å². The average molecular weight is 566 g/mol. The molecule has 0 aliphatic carbocycles. The summed E-state index contributed by atoms with van der Waals surface area (Å²) in [5.41, 5.74) is 4.81. The van der Waals surface area contributed by atoms with Crippen molar-refractivity contribution in [2.45, 2.75) is 25.9 Å². The molecule has 2 N–H and O–H groups in total. The van der Waals surface area contributed by atoms with Crippen molar-refractivity contribution >= 4 is 39.9 Å². The Bertz CT molecular complexity index is 1760. The Hall–Kier alpha value is -4.82. The number of para-hydroxylation sites is 1. The lowest BCUT2D eigenvalue weighted by Crippen LogP contribution is -2.39. The molecule has 216 valence electrons. The van der Waals surface area contributed by atoms with Crippen molar-refractivity contribution in [2.24, 2.45) is 0 Å². The van der Waals surface area contributed by atoms with E-state index < -0.39 is 6.04 Å². The number of methoxy groups -OCH3 is 3. The number of benzene rings is 3. The van der Waals surface area contributed by atoms with Crippen LogP contribution in [0.2, 0.25) is 0 Å². The molecule has 0 bridgehead atoms. The van der Waals surface area contributed by atoms with Crippen LogP contribution < -0.4 is 19.5 Å². The van der Waals surface area contributed by atoms with Crippen LogP contribution >= 0.6 is 0 Å². The van der Waals surface area contributed by atoms with E-state index in [0.717, 1.165) is 28.6 Å². The van der Waals surface area contributed by atoms with Gasteiger partial charge in [0.15, 0.2) is 11.5 Å². The fourth-order valence-electron chi connectivity index (χ4n) is 5.20. The summed E-state index contributed by atoms with van der Waals surface area (Å²) in [6.45, 7) is 2.73. The van der Waals surface area contributed by atoms with E-state index in [0.29, 0.717) is 45.8 Å². The number of hydrogen-bond donors (Lipinski definition) is 2. The molecule has 0 aliphatic heterocycles. The number of pyridine rings is 1. The van der Waals surface area contributed by atoms with Crippen LogP contribution in [0.5, 0.6) is 17.2 Å². The van der Waals surface area contributed by atoms with Crippen molar-refractivity contribution in [3.63, 3.8) is 0 Å². The minimum absolute atomic E-state index is 0.199. The van der Waals surface area contributed by atoms with Gasteiger partial charge in [0.1, 0.15) is 5.75 Å². The highest BCUT2D eigenvalue weighted by molar-refractivity contribution is 6.07. The van der Waals surface area contributed by atoms with Gasteiger partial charge in [0.2, 0.25) is 0 Å². The first-order chi connectivity index (χ1) is 20.5. The van der Waals surface area contributed by atoms with E-state index in [4.69, 9.17) is 19.2 Å². The van der Waals surface area contributed by atoms with Crippen LogP contribution in [0.4, 0.5) is 0 Å². The number of amides is 1. The molecule has 0 radical (unpaired) electrons. The first-order valence-corrected chi connectivity index (χ1v) is 13.8. The first-order valence-electron chi connectivity index (χ1n) is 13.8. The van der Waals surface area contributed by atoms with Crippen molar-refractivity contribution in [2.75, 3.05) is 27.9 Å². The average Bonchev–Trinajstić information content (AvgIpc) is 3.39. The summed E-state index contributed by atoms with van der Waals surface area (Å²) in [5.74, 6) is 1.59. The molecule has 5 aromatic rings. The Morgan fingerprint density at radius 3 is 2.50 bits per heavy atom. The van der Waals surface area contributed by atoms with E-state index >= 15 is 0 Å². The Kier molecular flexibility index (Phi) is 8.74. The molecule has 2 aromatic heterocycles. The second-order valence-corrected chi connectivity index (χ2v) is 9.94. The van der Waals surface area contributed by atoms with Gasteiger partial charge in [0, 0.05) is 29.0 Å². The number of fused-ring (bicyclic) bond motifs is 2. The molecule has 42 heavy (non-hydrogen) atoms. The monoisotopic (exact) mass is 565 g/mol. The summed E-state index contributed by atoms with van der Waals surface area (Å²) < 4.78 is 18.4. The van der Waals surface area contributed by atoms with Crippen LogP contribution in [-0.4, -0.2) is 54.5 Å². The number of hydrogen-bond acceptors (Lipinski definition) is 6. The van der Waals surface area contributed by atoms with Gasteiger partial charge < -0.3 is 29.2 Å². The molecule has 8 nitrogen and oxygen atoms in total. The minimum atomic E-state index is -0.479. The second kappa shape index (κ2) is 12.8. The zero-order valence-electron chi connectivity index (χ0n) is 24.3. The third kappa shape index (κ3) is 5.94. The highest BCUT2D eigenvalue weighted by Crippen LogP contribution is 2.29. The SMILES string of the molecule is CCn1cc(C[C@H](CO)NC(=O)c2cc(/C=C\c3ccc(OC)c(OC)c3)nc3ccc(OC)cc23)c2ccccc21. The molecule has 5 rings (SSSR count). The molecule has 2 heterocycles. The van der Waals surface area contributed by atoms with Crippen LogP contribution in [-0.2, 0) is 13.0 Å². The van der Waals surface area contributed by atoms with Crippen molar-refractivity contribution in [1.82, 2.24) is 14.9 Å². The van der Waals surface area contributed by atoms with Gasteiger partial charge in [-0.25, -0.2) is 4.98 Å². The highest BCUT2D eigenvalue weighted by Gasteiger charge is 2.19. The predicted molar refractivity (Wildman–Crippen MR) is 166 cm³/mol. The van der Waals surface area contributed by atoms with Gasteiger partial charge in [-0.3, -0.25) is 4.79 Å². The second-order valence-electron chi connectivity index (χ2n) is 9.94. The fourth-order valence-corrected chi connectivity index (χ4v) is 5.20. The van der Waals surface area contributed by atoms with E-state index in [-0.39, 0.29) is 12.5 Å². The lowest BCUT2D eigenvalue weighted by molar-refractivity contribution is 0.0918. The molecule has 3 aromatic carbocycles. The highest BCUT2D eigenvalue weighted by atomic mass is 16.5. The summed E-state index contributed by atoms with van der Waals surface area (Å²) in [4.78, 5) is 18.5. The summed E-state index contributed by atoms with van der Waals surface area (Å²) in [5, 5.41) is 15.1. The molecule has 0 saturated heterocycles. The molecular weight excluding hydrogens is 530 g/mol. The van der Waals surface area contributed by atoms with Gasteiger partial charge in [-0.2, -0.15) is 0 Å². The number of carbonyl (C=O) groups excluding carboxylic acids is 1. The van der Waals surface area contributed by atoms with Crippen LogP contribution in [0.3, 0.4) is 0 Å². The lowest BCUT2D eigenvalue weighted by atomic mass is 10.0. The molecule has 0 unspecified atom stereocenters. The van der Waals surface area contributed by atoms with Crippen molar-refractivity contribution < 1.29 is 24.1 Å². The summed E-state index contributed by atoms with van der Waals surface area (Å²) in [6.07, 6.45) is 6.35. The van der Waals surface area contributed by atoms with E-state index in [1.807, 2.05) is 60.7 Å². The smallest absolute Gasteiger partial charge is 0.252 e. The molecular formula is C34H35N3O5. The third-order valence-corrected chi connectivity index (χ3v) is 7.37. The first kappa shape index (κ1) is 28.7. The van der Waals surface area contributed by atoms with Crippen molar-refractivity contribution in [1.29, 1.82) is 0 Å². The van der Waals surface area contributed by atoms with Gasteiger partial charge in [0.25, 0.3) is 5.91 Å². The Labute approximate surface area is 245 Å². The van der Waals surface area contributed by atoms with Gasteiger partial charge in [-0.1, -0.05) is 30.3 Å². The maximum Gasteiger partial charge on any atom is 0.252 e. The zero-order chi connectivity index (χ0) is 29.6. The number of ether oxygens (including phenoxy) is 3. The van der Waals surface area contributed by atoms with Gasteiger partial charge in [-0.05, 0) is 73.0 Å². The molecule has 0 saturated carbocycles. The summed E-state index contributed by atoms with van der Waals surface area (Å²) in [6, 6.07) is 20.5. The topological polar surface area (TPSA) is 94.8 Å². The lowest BCUT2D eigenvalue weighted by Gasteiger charge is -2.17. The van der Waals surface area contributed by atoms with E-state index in [1.54, 1.807) is 27.4 Å². The number of aryl methyl sites for hydroxylation is 1. The number of carbonyl (C=O) groups is 1. The summed E-state index contributed by atoms with van der Waals surface area (Å²) >= 11 is 0. The number of aliphatic hydroxyl groups is 1. The Morgan fingerprint density at radius 1 is 0.952 bits per heavy atom. The van der Waals surface area contributed by atoms with Gasteiger partial charge in [0.05, 0.1) is 50.8 Å². The van der Waals surface area contributed by atoms with E-state index in [2.05, 4.69) is 35.1 Å². The maximum absolute atomic E-state index is 13.8. The quantitative estimate of drug-likeness (QED) is 0.212.